The van der Waals surface area contributed by atoms with E-state index in [1.807, 2.05) is 31.1 Å². The Hall–Kier alpha value is -2.87. The Labute approximate surface area is 229 Å². The molecule has 1 amide bonds. The molecule has 0 saturated carbocycles. The Morgan fingerprint density at radius 2 is 1.95 bits per heavy atom. The molecule has 0 bridgehead atoms. The lowest BCUT2D eigenvalue weighted by Gasteiger charge is -2.45. The van der Waals surface area contributed by atoms with Gasteiger partial charge in [-0.3, -0.25) is 9.69 Å². The minimum Gasteiger partial charge on any atom is -0.378 e. The topological polar surface area (TPSA) is 87.1 Å². The minimum absolute atomic E-state index is 0.0659. The molecule has 2 atom stereocenters. The first-order chi connectivity index (χ1) is 18.8. The number of likely N-dealkylation sites (N-methyl/N-ethyl adjacent to an activating group) is 1. The van der Waals surface area contributed by atoms with E-state index in [-0.39, 0.29) is 12.0 Å². The van der Waals surface area contributed by atoms with Gasteiger partial charge >= 0.3 is 0 Å². The number of benzene rings is 2. The predicted octanol–water partition coefficient (Wildman–Crippen LogP) is 2.84. The van der Waals surface area contributed by atoms with E-state index < -0.39 is 23.9 Å². The lowest BCUT2D eigenvalue weighted by Crippen LogP contribution is -2.54. The highest BCUT2D eigenvalue weighted by atomic mass is 19.1. The largest absolute Gasteiger partial charge is 0.378 e. The van der Waals surface area contributed by atoms with Crippen LogP contribution >= 0.6 is 0 Å². The standard InChI is InChI=1S/C30H37FN4O4/c1-34(2)16-28(37-3)29(36)33-24(15-32)12-22-6-4-21(14-27(22)31)20-5-7-23-17-39-30(26(23)13-20)8-10-35(11-9-30)25-18-38-19-25/h4-7,13-14,24-25,28H,8-12,16-19H2,1-3H3,(H,33,36)/t24-,28-/m0/s1. The molecular formula is C30H37FN4O4. The van der Waals surface area contributed by atoms with Gasteiger partial charge in [0.05, 0.1) is 37.5 Å². The number of hydrogen-bond acceptors (Lipinski definition) is 7. The minimum atomic E-state index is -0.868. The number of methoxy groups -OCH3 is 1. The van der Waals surface area contributed by atoms with Crippen molar-refractivity contribution in [3.8, 4) is 17.2 Å². The normalized spacial score (nSPS) is 20.3. The molecule has 0 unspecified atom stereocenters. The first-order valence-electron chi connectivity index (χ1n) is 13.6. The van der Waals surface area contributed by atoms with Gasteiger partial charge in [-0.25, -0.2) is 4.39 Å². The molecule has 9 heteroatoms. The van der Waals surface area contributed by atoms with Gasteiger partial charge in [0, 0.05) is 33.2 Å². The molecule has 0 radical (unpaired) electrons. The molecule has 2 aromatic rings. The Morgan fingerprint density at radius 3 is 2.56 bits per heavy atom. The molecule has 2 saturated heterocycles. The number of fused-ring (bicyclic) bond motifs is 2. The van der Waals surface area contributed by atoms with Crippen LogP contribution in [0.3, 0.4) is 0 Å². The van der Waals surface area contributed by atoms with Crippen molar-refractivity contribution in [3.63, 3.8) is 0 Å². The average Bonchev–Trinajstić information content (AvgIpc) is 3.25. The fourth-order valence-corrected chi connectivity index (χ4v) is 5.80. The van der Waals surface area contributed by atoms with Gasteiger partial charge in [0.1, 0.15) is 18.0 Å². The molecule has 0 aliphatic carbocycles. The summed E-state index contributed by atoms with van der Waals surface area (Å²) in [6.07, 6.45) is 1.23. The second kappa shape index (κ2) is 11.7. The van der Waals surface area contributed by atoms with Gasteiger partial charge in [-0.15, -0.1) is 0 Å². The van der Waals surface area contributed by atoms with Gasteiger partial charge in [-0.2, -0.15) is 5.26 Å². The highest BCUT2D eigenvalue weighted by molar-refractivity contribution is 5.81. The Kier molecular flexibility index (Phi) is 8.31. The number of amides is 1. The summed E-state index contributed by atoms with van der Waals surface area (Å²) in [5, 5.41) is 12.3. The number of rotatable bonds is 9. The molecule has 208 valence electrons. The third-order valence-electron chi connectivity index (χ3n) is 8.24. The summed E-state index contributed by atoms with van der Waals surface area (Å²) in [4.78, 5) is 16.9. The number of carbonyl (C=O) groups is 1. The summed E-state index contributed by atoms with van der Waals surface area (Å²) in [6.45, 7) is 4.60. The van der Waals surface area contributed by atoms with Crippen LogP contribution in [0.15, 0.2) is 36.4 Å². The second-order valence-corrected chi connectivity index (χ2v) is 11.1. The maximum absolute atomic E-state index is 15.3. The number of likely N-dealkylation sites (tertiary alicyclic amines) is 1. The lowest BCUT2D eigenvalue weighted by molar-refractivity contribution is -0.132. The van der Waals surface area contributed by atoms with Gasteiger partial charge < -0.3 is 24.4 Å². The van der Waals surface area contributed by atoms with Crippen LogP contribution in [0.2, 0.25) is 0 Å². The molecule has 2 fully saturated rings. The fraction of sp³-hybridized carbons (Fsp3) is 0.533. The van der Waals surface area contributed by atoms with Crippen LogP contribution in [0.4, 0.5) is 4.39 Å². The maximum Gasteiger partial charge on any atom is 0.251 e. The van der Waals surface area contributed by atoms with E-state index in [2.05, 4.69) is 28.4 Å². The van der Waals surface area contributed by atoms with E-state index in [4.69, 9.17) is 14.2 Å². The number of hydrogen-bond donors (Lipinski definition) is 1. The third-order valence-corrected chi connectivity index (χ3v) is 8.24. The molecule has 2 aromatic carbocycles. The molecule has 0 aromatic heterocycles. The van der Waals surface area contributed by atoms with Crippen LogP contribution in [-0.4, -0.2) is 87.9 Å². The van der Waals surface area contributed by atoms with Crippen LogP contribution in [0.1, 0.15) is 29.5 Å². The quantitative estimate of drug-likeness (QED) is 0.528. The molecular weight excluding hydrogens is 499 g/mol. The van der Waals surface area contributed by atoms with Crippen molar-refractivity contribution in [2.75, 3.05) is 54.1 Å². The summed E-state index contributed by atoms with van der Waals surface area (Å²) in [6, 6.07) is 13.1. The van der Waals surface area contributed by atoms with Crippen LogP contribution in [0, 0.1) is 17.1 Å². The van der Waals surface area contributed by atoms with E-state index >= 15 is 4.39 Å². The van der Waals surface area contributed by atoms with Gasteiger partial charge in [-0.1, -0.05) is 24.3 Å². The zero-order chi connectivity index (χ0) is 27.6. The number of nitrogens with one attached hydrogen (secondary N) is 1. The van der Waals surface area contributed by atoms with Crippen LogP contribution in [0.5, 0.6) is 0 Å². The third kappa shape index (κ3) is 5.86. The highest BCUT2D eigenvalue weighted by Gasteiger charge is 2.44. The summed E-state index contributed by atoms with van der Waals surface area (Å²) < 4.78 is 32.3. The van der Waals surface area contributed by atoms with Crippen LogP contribution in [0.25, 0.3) is 11.1 Å². The molecule has 8 nitrogen and oxygen atoms in total. The number of nitriles is 1. The highest BCUT2D eigenvalue weighted by Crippen LogP contribution is 2.46. The van der Waals surface area contributed by atoms with Crippen molar-refractivity contribution in [1.82, 2.24) is 15.1 Å². The van der Waals surface area contributed by atoms with Crippen LogP contribution in [-0.2, 0) is 37.6 Å². The monoisotopic (exact) mass is 536 g/mol. The van der Waals surface area contributed by atoms with E-state index in [1.165, 1.54) is 24.3 Å². The van der Waals surface area contributed by atoms with Crippen molar-refractivity contribution in [2.24, 2.45) is 0 Å². The number of ether oxygens (including phenoxy) is 3. The molecule has 3 heterocycles. The van der Waals surface area contributed by atoms with Gasteiger partial charge in [0.2, 0.25) is 0 Å². The smallest absolute Gasteiger partial charge is 0.251 e. The average molecular weight is 537 g/mol. The SMILES string of the molecule is CO[C@@H](CN(C)C)C(=O)N[C@H](C#N)Cc1ccc(-c2ccc3c(c2)C2(CCN(C4COC4)CC2)OC3)cc1F. The maximum atomic E-state index is 15.3. The molecule has 1 N–H and O–H groups in total. The van der Waals surface area contributed by atoms with Crippen molar-refractivity contribution in [3.05, 3.63) is 58.9 Å². The van der Waals surface area contributed by atoms with E-state index in [1.54, 1.807) is 6.07 Å². The number of carbonyl (C=O) groups excluding carboxylic acids is 1. The number of piperidine rings is 1. The zero-order valence-corrected chi connectivity index (χ0v) is 22.9. The molecule has 3 aliphatic heterocycles. The Balaban J connectivity index is 1.28. The summed E-state index contributed by atoms with van der Waals surface area (Å²) in [5.41, 5.74) is 4.22. The van der Waals surface area contributed by atoms with Gasteiger partial charge in [0.25, 0.3) is 5.91 Å². The summed E-state index contributed by atoms with van der Waals surface area (Å²) in [5.74, 6) is -0.794. The van der Waals surface area contributed by atoms with E-state index in [0.29, 0.717) is 24.8 Å². The molecule has 1 spiro atoms. The molecule has 5 rings (SSSR count). The zero-order valence-electron chi connectivity index (χ0n) is 22.9. The lowest BCUT2D eigenvalue weighted by atomic mass is 9.82. The fourth-order valence-electron chi connectivity index (χ4n) is 5.80. The first kappa shape index (κ1) is 27.7. The van der Waals surface area contributed by atoms with Crippen LogP contribution < -0.4 is 5.32 Å². The molecule has 3 aliphatic rings. The van der Waals surface area contributed by atoms with E-state index in [0.717, 1.165) is 50.3 Å². The van der Waals surface area contributed by atoms with Gasteiger partial charge in [-0.05, 0) is 66.9 Å². The van der Waals surface area contributed by atoms with Gasteiger partial charge in [0.15, 0.2) is 0 Å². The predicted molar refractivity (Wildman–Crippen MR) is 144 cm³/mol. The van der Waals surface area contributed by atoms with Crippen molar-refractivity contribution in [2.45, 2.75) is 49.7 Å². The Bertz CT molecular complexity index is 1230. The first-order valence-corrected chi connectivity index (χ1v) is 13.6. The number of nitrogens with zero attached hydrogens (tertiary/aromatic N) is 3. The van der Waals surface area contributed by atoms with Crippen molar-refractivity contribution >= 4 is 5.91 Å². The summed E-state index contributed by atoms with van der Waals surface area (Å²) >= 11 is 0. The molecule has 39 heavy (non-hydrogen) atoms. The Morgan fingerprint density at radius 1 is 1.23 bits per heavy atom. The second-order valence-electron chi connectivity index (χ2n) is 11.1. The van der Waals surface area contributed by atoms with E-state index in [9.17, 15) is 10.1 Å². The number of halogens is 1. The summed E-state index contributed by atoms with van der Waals surface area (Å²) in [7, 11) is 5.12. The van der Waals surface area contributed by atoms with Crippen molar-refractivity contribution in [1.29, 1.82) is 5.26 Å². The van der Waals surface area contributed by atoms with Crippen molar-refractivity contribution < 1.29 is 23.4 Å².